The summed E-state index contributed by atoms with van der Waals surface area (Å²) in [5, 5.41) is 7.14. The molecule has 0 fully saturated rings. The molecule has 137 valence electrons. The normalized spacial score (nSPS) is 10.9. The maximum Gasteiger partial charge on any atom is 0.0788 e. The molecule has 6 aromatic rings. The van der Waals surface area contributed by atoms with E-state index < -0.39 is 0 Å². The van der Waals surface area contributed by atoms with Gasteiger partial charge in [-0.05, 0) is 53.4 Å². The van der Waals surface area contributed by atoms with Crippen molar-refractivity contribution in [1.29, 1.82) is 0 Å². The van der Waals surface area contributed by atoms with Crippen molar-refractivity contribution in [1.82, 2.24) is 4.98 Å². The lowest BCUT2D eigenvalue weighted by molar-refractivity contribution is 1.48. The van der Waals surface area contributed by atoms with E-state index in [-0.39, 0.29) is 0 Å². The van der Waals surface area contributed by atoms with E-state index in [0.717, 1.165) is 16.4 Å². The SMILES string of the molecule is Cc1ccccc1.[c]1cccc2cc3ccc4cc5ccccc5nc4c3cc12. The van der Waals surface area contributed by atoms with Crippen LogP contribution in [0.5, 0.6) is 0 Å². The summed E-state index contributed by atoms with van der Waals surface area (Å²) in [5.41, 5.74) is 3.43. The predicted octanol–water partition coefficient (Wildman–Crippen LogP) is 7.49. The van der Waals surface area contributed by atoms with Gasteiger partial charge < -0.3 is 0 Å². The Bertz CT molecular complexity index is 1350. The molecular weight excluding hydrogens is 350 g/mol. The lowest BCUT2D eigenvalue weighted by Gasteiger charge is -2.07. The van der Waals surface area contributed by atoms with E-state index in [2.05, 4.69) is 79.7 Å². The van der Waals surface area contributed by atoms with Gasteiger partial charge >= 0.3 is 0 Å². The van der Waals surface area contributed by atoms with Crippen LogP contribution in [0.2, 0.25) is 0 Å². The fourth-order valence-corrected chi connectivity index (χ4v) is 3.72. The third-order valence-corrected chi connectivity index (χ3v) is 5.22. The standard InChI is InChI=1S/C21H12N.C7H8/c1-2-6-15-13-19-16(11-14(15)5-1)9-10-18-12-17-7-3-4-8-20(17)22-21(18)19;1-7-5-3-2-4-6-7/h1-5,7-13H;2-6H,1H3. The first-order chi connectivity index (χ1) is 14.3. The van der Waals surface area contributed by atoms with Crippen LogP contribution in [0.15, 0.2) is 103 Å². The van der Waals surface area contributed by atoms with Crippen LogP contribution in [-0.4, -0.2) is 4.98 Å². The summed E-state index contributed by atoms with van der Waals surface area (Å²) < 4.78 is 0. The van der Waals surface area contributed by atoms with Crippen LogP contribution >= 0.6 is 0 Å². The van der Waals surface area contributed by atoms with Crippen LogP contribution in [0.25, 0.3) is 43.4 Å². The molecule has 1 radical (unpaired) electrons. The number of aryl methyl sites for hydroxylation is 1. The minimum atomic E-state index is 1.04. The number of benzene rings is 5. The summed E-state index contributed by atoms with van der Waals surface area (Å²) in [4.78, 5) is 4.90. The molecule has 0 saturated carbocycles. The summed E-state index contributed by atoms with van der Waals surface area (Å²) in [7, 11) is 0. The van der Waals surface area contributed by atoms with Crippen LogP contribution in [0.3, 0.4) is 0 Å². The van der Waals surface area contributed by atoms with Crippen LogP contribution in [-0.2, 0) is 0 Å². The van der Waals surface area contributed by atoms with Crippen LogP contribution in [0.1, 0.15) is 5.56 Å². The summed E-state index contributed by atoms with van der Waals surface area (Å²) in [6.45, 7) is 2.08. The first kappa shape index (κ1) is 17.4. The molecule has 6 rings (SSSR count). The molecule has 1 heterocycles. The third-order valence-electron chi connectivity index (χ3n) is 5.22. The van der Waals surface area contributed by atoms with Gasteiger partial charge in [-0.2, -0.15) is 0 Å². The number of rotatable bonds is 0. The molecular formula is C28H20N. The highest BCUT2D eigenvalue weighted by molar-refractivity contribution is 6.12. The molecule has 0 atom stereocenters. The zero-order valence-electron chi connectivity index (χ0n) is 16.3. The fourth-order valence-electron chi connectivity index (χ4n) is 3.72. The quantitative estimate of drug-likeness (QED) is 0.199. The number of hydrogen-bond acceptors (Lipinski definition) is 1. The molecule has 0 aliphatic heterocycles. The lowest BCUT2D eigenvalue weighted by Crippen LogP contribution is -1.85. The van der Waals surface area contributed by atoms with E-state index in [1.165, 1.54) is 32.5 Å². The summed E-state index contributed by atoms with van der Waals surface area (Å²) in [6, 6.07) is 39.0. The average Bonchev–Trinajstić information content (AvgIpc) is 2.77. The van der Waals surface area contributed by atoms with Crippen molar-refractivity contribution in [2.75, 3.05) is 0 Å². The van der Waals surface area contributed by atoms with Crippen LogP contribution in [0, 0.1) is 13.0 Å². The highest BCUT2D eigenvalue weighted by atomic mass is 14.7. The number of aromatic nitrogens is 1. The zero-order chi connectivity index (χ0) is 19.6. The van der Waals surface area contributed by atoms with Crippen LogP contribution in [0.4, 0.5) is 0 Å². The van der Waals surface area contributed by atoms with Gasteiger partial charge in [0.25, 0.3) is 0 Å². The van der Waals surface area contributed by atoms with Crippen molar-refractivity contribution in [2.45, 2.75) is 6.92 Å². The molecule has 0 spiro atoms. The van der Waals surface area contributed by atoms with Crippen molar-refractivity contribution < 1.29 is 0 Å². The molecule has 0 saturated heterocycles. The Morgan fingerprint density at radius 1 is 0.621 bits per heavy atom. The molecule has 1 nitrogen and oxygen atoms in total. The molecule has 0 unspecified atom stereocenters. The van der Waals surface area contributed by atoms with Crippen molar-refractivity contribution >= 4 is 43.4 Å². The minimum absolute atomic E-state index is 1.04. The topological polar surface area (TPSA) is 12.9 Å². The predicted molar refractivity (Wildman–Crippen MR) is 124 cm³/mol. The number of pyridine rings is 1. The van der Waals surface area contributed by atoms with Gasteiger partial charge in [-0.25, -0.2) is 4.98 Å². The Hall–Kier alpha value is -3.71. The second-order valence-electron chi connectivity index (χ2n) is 7.30. The molecule has 0 bridgehead atoms. The molecule has 0 N–H and O–H groups in total. The average molecular weight is 370 g/mol. The van der Waals surface area contributed by atoms with E-state index in [0.29, 0.717) is 0 Å². The van der Waals surface area contributed by atoms with E-state index >= 15 is 0 Å². The Balaban J connectivity index is 0.000000222. The smallest absolute Gasteiger partial charge is 0.0788 e. The third kappa shape index (κ3) is 3.43. The van der Waals surface area contributed by atoms with E-state index in [1.807, 2.05) is 36.4 Å². The molecule has 0 aliphatic carbocycles. The molecule has 0 aliphatic rings. The first-order valence-corrected chi connectivity index (χ1v) is 9.82. The van der Waals surface area contributed by atoms with Gasteiger partial charge in [-0.1, -0.05) is 84.4 Å². The summed E-state index contributed by atoms with van der Waals surface area (Å²) >= 11 is 0. The Kier molecular flexibility index (Phi) is 4.42. The molecule has 29 heavy (non-hydrogen) atoms. The van der Waals surface area contributed by atoms with Gasteiger partial charge in [0.2, 0.25) is 0 Å². The number of nitrogens with zero attached hydrogens (tertiary/aromatic N) is 1. The van der Waals surface area contributed by atoms with Gasteiger partial charge in [0, 0.05) is 16.2 Å². The Morgan fingerprint density at radius 3 is 2.17 bits per heavy atom. The zero-order valence-corrected chi connectivity index (χ0v) is 16.3. The highest BCUT2D eigenvalue weighted by Crippen LogP contribution is 2.30. The lowest BCUT2D eigenvalue weighted by atomic mass is 10.0. The summed E-state index contributed by atoms with van der Waals surface area (Å²) in [6.07, 6.45) is 0. The van der Waals surface area contributed by atoms with E-state index in [9.17, 15) is 0 Å². The van der Waals surface area contributed by atoms with Crippen molar-refractivity contribution in [3.05, 3.63) is 115 Å². The first-order valence-electron chi connectivity index (χ1n) is 9.82. The van der Waals surface area contributed by atoms with Gasteiger partial charge in [0.05, 0.1) is 11.0 Å². The molecule has 1 heteroatoms. The van der Waals surface area contributed by atoms with Crippen molar-refractivity contribution in [3.63, 3.8) is 0 Å². The fraction of sp³-hybridized carbons (Fsp3) is 0.0357. The second kappa shape index (κ2) is 7.37. The number of fused-ring (bicyclic) bond motifs is 5. The number of para-hydroxylation sites is 1. The van der Waals surface area contributed by atoms with Crippen molar-refractivity contribution in [2.24, 2.45) is 0 Å². The van der Waals surface area contributed by atoms with Gasteiger partial charge in [0.15, 0.2) is 0 Å². The Labute approximate surface area is 170 Å². The van der Waals surface area contributed by atoms with Gasteiger partial charge in [-0.15, -0.1) is 0 Å². The summed E-state index contributed by atoms with van der Waals surface area (Å²) in [5.74, 6) is 0. The maximum absolute atomic E-state index is 4.90. The van der Waals surface area contributed by atoms with Gasteiger partial charge in [-0.3, -0.25) is 0 Å². The van der Waals surface area contributed by atoms with Crippen molar-refractivity contribution in [3.8, 4) is 0 Å². The van der Waals surface area contributed by atoms with E-state index in [1.54, 1.807) is 0 Å². The minimum Gasteiger partial charge on any atom is -0.247 e. The monoisotopic (exact) mass is 370 g/mol. The molecule has 0 amide bonds. The number of hydrogen-bond donors (Lipinski definition) is 0. The van der Waals surface area contributed by atoms with Gasteiger partial charge in [0.1, 0.15) is 0 Å². The largest absolute Gasteiger partial charge is 0.247 e. The Morgan fingerprint density at radius 2 is 1.34 bits per heavy atom. The van der Waals surface area contributed by atoms with E-state index in [4.69, 9.17) is 4.98 Å². The van der Waals surface area contributed by atoms with Crippen LogP contribution < -0.4 is 0 Å². The highest BCUT2D eigenvalue weighted by Gasteiger charge is 2.05. The second-order valence-corrected chi connectivity index (χ2v) is 7.30. The molecule has 5 aromatic carbocycles. The molecule has 1 aromatic heterocycles. The maximum atomic E-state index is 4.90.